The van der Waals surface area contributed by atoms with Crippen molar-refractivity contribution in [3.05, 3.63) is 52.1 Å². The van der Waals surface area contributed by atoms with Gasteiger partial charge < -0.3 is 4.74 Å². The molecule has 2 aliphatic rings. The zero-order valence-corrected chi connectivity index (χ0v) is 14.8. The standard InChI is InChI=1S/C22H26O/c1-5-23-19-12-16-8-6-14-10-18(22(2,3)4)11-15-7-9-17(13-19)21(16)20(14)15/h10-13H,5-9H2,1-4H3. The molecule has 120 valence electrons. The summed E-state index contributed by atoms with van der Waals surface area (Å²) in [5.41, 5.74) is 10.9. The number of hydrogen-bond donors (Lipinski definition) is 0. The van der Waals surface area contributed by atoms with Crippen molar-refractivity contribution in [1.82, 2.24) is 0 Å². The SMILES string of the molecule is CCOc1cc2c3c(c1)CCc1cc(C(C)(C)C)cc(c1-3)CC2. The smallest absolute Gasteiger partial charge is 0.119 e. The molecule has 2 aromatic rings. The van der Waals surface area contributed by atoms with E-state index in [9.17, 15) is 0 Å². The van der Waals surface area contributed by atoms with Gasteiger partial charge in [-0.15, -0.1) is 0 Å². The van der Waals surface area contributed by atoms with Gasteiger partial charge in [0, 0.05) is 0 Å². The Hall–Kier alpha value is -1.76. The molecule has 0 saturated heterocycles. The van der Waals surface area contributed by atoms with Crippen LogP contribution in [0.15, 0.2) is 24.3 Å². The minimum atomic E-state index is 0.227. The highest BCUT2D eigenvalue weighted by atomic mass is 16.5. The van der Waals surface area contributed by atoms with Crippen LogP contribution in [0.25, 0.3) is 11.1 Å². The zero-order chi connectivity index (χ0) is 16.2. The van der Waals surface area contributed by atoms with Gasteiger partial charge in [-0.05, 0) is 89.1 Å². The number of aryl methyl sites for hydroxylation is 4. The molecular weight excluding hydrogens is 280 g/mol. The number of rotatable bonds is 2. The second-order valence-electron chi connectivity index (χ2n) is 7.97. The molecule has 4 rings (SSSR count). The average Bonchev–Trinajstić information content (AvgIpc) is 2.51. The predicted octanol–water partition coefficient (Wildman–Crippen LogP) is 5.25. The summed E-state index contributed by atoms with van der Waals surface area (Å²) in [7, 11) is 0. The van der Waals surface area contributed by atoms with Crippen molar-refractivity contribution in [2.45, 2.75) is 58.8 Å². The van der Waals surface area contributed by atoms with Crippen molar-refractivity contribution < 1.29 is 4.74 Å². The van der Waals surface area contributed by atoms with Crippen LogP contribution in [0.5, 0.6) is 5.75 Å². The molecule has 1 nitrogen and oxygen atoms in total. The van der Waals surface area contributed by atoms with Crippen LogP contribution in [0.4, 0.5) is 0 Å². The molecule has 2 aliphatic carbocycles. The van der Waals surface area contributed by atoms with E-state index >= 15 is 0 Å². The van der Waals surface area contributed by atoms with Crippen LogP contribution in [-0.2, 0) is 31.1 Å². The first-order chi connectivity index (χ1) is 11.0. The number of benzene rings is 2. The summed E-state index contributed by atoms with van der Waals surface area (Å²) < 4.78 is 5.79. The van der Waals surface area contributed by atoms with Gasteiger partial charge in [-0.25, -0.2) is 0 Å². The third-order valence-electron chi connectivity index (χ3n) is 5.33. The lowest BCUT2D eigenvalue weighted by Crippen LogP contribution is -2.18. The number of hydrogen-bond acceptors (Lipinski definition) is 1. The summed E-state index contributed by atoms with van der Waals surface area (Å²) in [5.74, 6) is 1.06. The monoisotopic (exact) mass is 306 g/mol. The van der Waals surface area contributed by atoms with E-state index in [2.05, 4.69) is 52.0 Å². The molecule has 0 atom stereocenters. The third-order valence-corrected chi connectivity index (χ3v) is 5.33. The van der Waals surface area contributed by atoms with Crippen LogP contribution < -0.4 is 4.74 Å². The van der Waals surface area contributed by atoms with Crippen molar-refractivity contribution in [3.8, 4) is 16.9 Å². The normalized spacial score (nSPS) is 15.3. The summed E-state index contributed by atoms with van der Waals surface area (Å²) in [4.78, 5) is 0. The first-order valence-electron chi connectivity index (χ1n) is 8.92. The van der Waals surface area contributed by atoms with E-state index in [1.165, 1.54) is 22.3 Å². The van der Waals surface area contributed by atoms with Gasteiger partial charge in [-0.1, -0.05) is 32.9 Å². The largest absolute Gasteiger partial charge is 0.494 e. The van der Waals surface area contributed by atoms with Crippen LogP contribution in [0, 0.1) is 0 Å². The molecule has 0 spiro atoms. The van der Waals surface area contributed by atoms with Crippen LogP contribution >= 0.6 is 0 Å². The van der Waals surface area contributed by atoms with Crippen LogP contribution in [0.2, 0.25) is 0 Å². The van der Waals surface area contributed by atoms with Crippen molar-refractivity contribution in [2.24, 2.45) is 0 Å². The lowest BCUT2D eigenvalue weighted by Gasteiger charge is -2.32. The van der Waals surface area contributed by atoms with Gasteiger partial charge in [0.15, 0.2) is 0 Å². The van der Waals surface area contributed by atoms with Crippen molar-refractivity contribution >= 4 is 0 Å². The quantitative estimate of drug-likeness (QED) is 0.736. The van der Waals surface area contributed by atoms with Crippen LogP contribution in [-0.4, -0.2) is 6.61 Å². The first kappa shape index (κ1) is 14.8. The highest BCUT2D eigenvalue weighted by Crippen LogP contribution is 2.45. The Bertz CT molecular complexity index is 727. The maximum Gasteiger partial charge on any atom is 0.119 e. The molecule has 0 unspecified atom stereocenters. The molecule has 0 amide bonds. The summed E-state index contributed by atoms with van der Waals surface area (Å²) in [6.45, 7) is 9.77. The minimum Gasteiger partial charge on any atom is -0.494 e. The lowest BCUT2D eigenvalue weighted by atomic mass is 9.72. The second-order valence-corrected chi connectivity index (χ2v) is 7.97. The van der Waals surface area contributed by atoms with Gasteiger partial charge in [0.2, 0.25) is 0 Å². The molecule has 23 heavy (non-hydrogen) atoms. The Morgan fingerprint density at radius 2 is 1.22 bits per heavy atom. The molecule has 0 heterocycles. The van der Waals surface area contributed by atoms with Gasteiger partial charge in [-0.3, -0.25) is 0 Å². The Kier molecular flexibility index (Phi) is 3.30. The third kappa shape index (κ3) is 2.38. The van der Waals surface area contributed by atoms with Crippen molar-refractivity contribution in [2.75, 3.05) is 6.61 Å². The van der Waals surface area contributed by atoms with Gasteiger partial charge >= 0.3 is 0 Å². The zero-order valence-electron chi connectivity index (χ0n) is 14.8. The van der Waals surface area contributed by atoms with E-state index < -0.39 is 0 Å². The van der Waals surface area contributed by atoms with E-state index in [-0.39, 0.29) is 5.41 Å². The molecule has 0 radical (unpaired) electrons. The van der Waals surface area contributed by atoms with Crippen molar-refractivity contribution in [1.29, 1.82) is 0 Å². The fourth-order valence-corrected chi connectivity index (χ4v) is 4.16. The van der Waals surface area contributed by atoms with Gasteiger partial charge in [-0.2, -0.15) is 0 Å². The average molecular weight is 306 g/mol. The van der Waals surface area contributed by atoms with Crippen LogP contribution in [0.1, 0.15) is 55.5 Å². The Balaban J connectivity index is 1.92. The highest BCUT2D eigenvalue weighted by molar-refractivity contribution is 5.82. The van der Waals surface area contributed by atoms with E-state index in [0.717, 1.165) is 38.0 Å². The topological polar surface area (TPSA) is 9.23 Å². The summed E-state index contributed by atoms with van der Waals surface area (Å²) in [6, 6.07) is 9.48. The second kappa shape index (κ2) is 5.12. The Labute approximate surface area is 139 Å². The molecule has 0 fully saturated rings. The molecule has 2 aromatic carbocycles. The number of ether oxygens (including phenoxy) is 1. The van der Waals surface area contributed by atoms with E-state index in [4.69, 9.17) is 4.74 Å². The van der Waals surface area contributed by atoms with Gasteiger partial charge in [0.1, 0.15) is 5.75 Å². The maximum atomic E-state index is 5.79. The maximum absolute atomic E-state index is 5.79. The minimum absolute atomic E-state index is 0.227. The molecule has 1 heteroatoms. The molecule has 0 N–H and O–H groups in total. The Morgan fingerprint density at radius 3 is 1.61 bits per heavy atom. The van der Waals surface area contributed by atoms with E-state index in [0.29, 0.717) is 0 Å². The molecule has 0 saturated carbocycles. The molecule has 0 aliphatic heterocycles. The van der Waals surface area contributed by atoms with Gasteiger partial charge in [0.05, 0.1) is 6.61 Å². The molecule has 0 aromatic heterocycles. The molecule has 0 bridgehead atoms. The van der Waals surface area contributed by atoms with E-state index in [1.54, 1.807) is 16.7 Å². The summed E-state index contributed by atoms with van der Waals surface area (Å²) in [6.07, 6.45) is 4.61. The van der Waals surface area contributed by atoms with E-state index in [1.807, 2.05) is 0 Å². The summed E-state index contributed by atoms with van der Waals surface area (Å²) >= 11 is 0. The van der Waals surface area contributed by atoms with Crippen LogP contribution in [0.3, 0.4) is 0 Å². The fraction of sp³-hybridized carbons (Fsp3) is 0.455. The van der Waals surface area contributed by atoms with Crippen molar-refractivity contribution in [3.63, 3.8) is 0 Å². The first-order valence-corrected chi connectivity index (χ1v) is 8.92. The summed E-state index contributed by atoms with van der Waals surface area (Å²) in [5, 5.41) is 0. The fourth-order valence-electron chi connectivity index (χ4n) is 4.16. The lowest BCUT2D eigenvalue weighted by molar-refractivity contribution is 0.339. The van der Waals surface area contributed by atoms with Gasteiger partial charge in [0.25, 0.3) is 0 Å². The Morgan fingerprint density at radius 1 is 0.783 bits per heavy atom. The molecular formula is C22H26O. The predicted molar refractivity (Wildman–Crippen MR) is 96.6 cm³/mol. The highest BCUT2D eigenvalue weighted by Gasteiger charge is 2.28.